The van der Waals surface area contributed by atoms with E-state index in [1.54, 1.807) is 6.07 Å². The van der Waals surface area contributed by atoms with Crippen molar-refractivity contribution in [3.05, 3.63) is 32.9 Å². The Bertz CT molecular complexity index is 386. The maximum Gasteiger partial charge on any atom is 0.416 e. The summed E-state index contributed by atoms with van der Waals surface area (Å²) in [5.41, 5.74) is -0.642. The number of ether oxygens (including phenoxy) is 2. The predicted octanol–water partition coefficient (Wildman–Crippen LogP) is 3.36. The van der Waals surface area contributed by atoms with Gasteiger partial charge in [0.05, 0.1) is 18.8 Å². The third kappa shape index (κ3) is 2.49. The van der Waals surface area contributed by atoms with E-state index in [9.17, 15) is 13.2 Å². The van der Waals surface area contributed by atoms with Gasteiger partial charge in [0.25, 0.3) is 0 Å². The van der Waals surface area contributed by atoms with Gasteiger partial charge in [0.1, 0.15) is 0 Å². The van der Waals surface area contributed by atoms with Crippen molar-refractivity contribution in [2.75, 3.05) is 13.2 Å². The lowest BCUT2D eigenvalue weighted by Crippen LogP contribution is -2.13. The molecular weight excluding hydrogens is 336 g/mol. The summed E-state index contributed by atoms with van der Waals surface area (Å²) in [6.07, 6.45) is -5.28. The van der Waals surface area contributed by atoms with E-state index in [0.717, 1.165) is 6.07 Å². The zero-order valence-corrected chi connectivity index (χ0v) is 10.2. The molecule has 1 fully saturated rings. The molecule has 16 heavy (non-hydrogen) atoms. The van der Waals surface area contributed by atoms with E-state index in [0.29, 0.717) is 16.8 Å². The largest absolute Gasteiger partial charge is 0.416 e. The van der Waals surface area contributed by atoms with E-state index in [-0.39, 0.29) is 5.56 Å². The lowest BCUT2D eigenvalue weighted by atomic mass is 10.1. The quantitative estimate of drug-likeness (QED) is 0.728. The van der Waals surface area contributed by atoms with Crippen molar-refractivity contribution in [1.82, 2.24) is 0 Å². The van der Waals surface area contributed by atoms with Crippen LogP contribution in [0.4, 0.5) is 13.2 Å². The number of hydrogen-bond acceptors (Lipinski definition) is 2. The molecule has 1 aromatic carbocycles. The van der Waals surface area contributed by atoms with E-state index < -0.39 is 18.0 Å². The fourth-order valence-electron chi connectivity index (χ4n) is 1.52. The summed E-state index contributed by atoms with van der Waals surface area (Å²) in [5.74, 6) is 0. The number of halogens is 4. The zero-order chi connectivity index (χ0) is 11.8. The molecule has 1 heterocycles. The molecule has 0 bridgehead atoms. The van der Waals surface area contributed by atoms with E-state index in [2.05, 4.69) is 0 Å². The minimum absolute atomic E-state index is 0.0467. The molecule has 0 atom stereocenters. The minimum atomic E-state index is -4.38. The van der Waals surface area contributed by atoms with Gasteiger partial charge in [0.2, 0.25) is 0 Å². The average molecular weight is 344 g/mol. The van der Waals surface area contributed by atoms with E-state index in [4.69, 9.17) is 9.47 Å². The summed E-state index contributed by atoms with van der Waals surface area (Å²) in [6.45, 7) is 0.655. The average Bonchev–Trinajstić information content (AvgIpc) is 2.69. The van der Waals surface area contributed by atoms with Crippen LogP contribution in [-0.2, 0) is 15.7 Å². The van der Waals surface area contributed by atoms with Crippen LogP contribution in [0.25, 0.3) is 0 Å². The van der Waals surface area contributed by atoms with Gasteiger partial charge in [-0.2, -0.15) is 13.2 Å². The first-order valence-corrected chi connectivity index (χ1v) is 5.66. The van der Waals surface area contributed by atoms with Gasteiger partial charge in [-0.1, -0.05) is 6.07 Å². The van der Waals surface area contributed by atoms with Crippen molar-refractivity contribution in [3.8, 4) is 0 Å². The fourth-order valence-corrected chi connectivity index (χ4v) is 2.01. The van der Waals surface area contributed by atoms with Gasteiger partial charge in [0, 0.05) is 9.13 Å². The molecule has 1 aliphatic heterocycles. The second kappa shape index (κ2) is 4.50. The Morgan fingerprint density at radius 2 is 1.81 bits per heavy atom. The maximum absolute atomic E-state index is 12.8. The van der Waals surface area contributed by atoms with Crippen molar-refractivity contribution in [3.63, 3.8) is 0 Å². The number of benzene rings is 1. The van der Waals surface area contributed by atoms with Crippen molar-refractivity contribution in [1.29, 1.82) is 0 Å². The standard InChI is InChI=1S/C10H8F3IO2/c11-10(12,13)8-5-6(14)1-2-7(8)9-15-3-4-16-9/h1-2,5,9H,3-4H2. The summed E-state index contributed by atoms with van der Waals surface area (Å²) < 4.78 is 49.0. The molecule has 0 aliphatic carbocycles. The van der Waals surface area contributed by atoms with Crippen molar-refractivity contribution in [2.45, 2.75) is 12.5 Å². The molecule has 0 spiro atoms. The second-order valence-corrected chi connectivity index (χ2v) is 4.55. The van der Waals surface area contributed by atoms with Crippen LogP contribution < -0.4 is 0 Å². The highest BCUT2D eigenvalue weighted by atomic mass is 127. The maximum atomic E-state index is 12.8. The number of alkyl halides is 3. The summed E-state index contributed by atoms with van der Waals surface area (Å²) in [5, 5.41) is 0. The van der Waals surface area contributed by atoms with Gasteiger partial charge < -0.3 is 9.47 Å². The highest BCUT2D eigenvalue weighted by molar-refractivity contribution is 14.1. The van der Waals surface area contributed by atoms with Gasteiger partial charge in [-0.15, -0.1) is 0 Å². The van der Waals surface area contributed by atoms with E-state index >= 15 is 0 Å². The summed E-state index contributed by atoms with van der Waals surface area (Å²) >= 11 is 1.84. The topological polar surface area (TPSA) is 18.5 Å². The van der Waals surface area contributed by atoms with Crippen LogP contribution in [0.1, 0.15) is 17.4 Å². The summed E-state index contributed by atoms with van der Waals surface area (Å²) in [4.78, 5) is 0. The van der Waals surface area contributed by atoms with Crippen molar-refractivity contribution in [2.24, 2.45) is 0 Å². The zero-order valence-electron chi connectivity index (χ0n) is 8.05. The lowest BCUT2D eigenvalue weighted by molar-refractivity contribution is -0.142. The highest BCUT2D eigenvalue weighted by Crippen LogP contribution is 2.37. The van der Waals surface area contributed by atoms with Crippen LogP contribution in [0, 0.1) is 3.57 Å². The molecule has 2 rings (SSSR count). The molecule has 0 saturated carbocycles. The SMILES string of the molecule is FC(F)(F)c1cc(I)ccc1C1OCCO1. The van der Waals surface area contributed by atoms with Crippen LogP contribution in [0.2, 0.25) is 0 Å². The van der Waals surface area contributed by atoms with Crippen molar-refractivity contribution < 1.29 is 22.6 Å². The van der Waals surface area contributed by atoms with Gasteiger partial charge >= 0.3 is 6.18 Å². The molecule has 6 heteroatoms. The molecule has 0 aromatic heterocycles. The molecule has 0 N–H and O–H groups in total. The molecule has 1 aliphatic rings. The smallest absolute Gasteiger partial charge is 0.346 e. The van der Waals surface area contributed by atoms with Gasteiger partial charge in [-0.3, -0.25) is 0 Å². The predicted molar refractivity (Wildman–Crippen MR) is 58.8 cm³/mol. The molecule has 1 saturated heterocycles. The molecule has 0 amide bonds. The summed E-state index contributed by atoms with van der Waals surface area (Å²) in [7, 11) is 0. The first-order valence-electron chi connectivity index (χ1n) is 4.58. The van der Waals surface area contributed by atoms with Crippen LogP contribution in [0.3, 0.4) is 0 Å². The number of rotatable bonds is 1. The van der Waals surface area contributed by atoms with Gasteiger partial charge in [-0.05, 0) is 34.7 Å². The monoisotopic (exact) mass is 344 g/mol. The Hall–Kier alpha value is -0.340. The first kappa shape index (κ1) is 12.1. The van der Waals surface area contributed by atoms with Crippen LogP contribution in [-0.4, -0.2) is 13.2 Å². The Morgan fingerprint density at radius 1 is 1.19 bits per heavy atom. The lowest BCUT2D eigenvalue weighted by Gasteiger charge is -2.16. The molecule has 2 nitrogen and oxygen atoms in total. The Morgan fingerprint density at radius 3 is 2.38 bits per heavy atom. The van der Waals surface area contributed by atoms with Gasteiger partial charge in [-0.25, -0.2) is 0 Å². The molecule has 88 valence electrons. The molecular formula is C10H8F3IO2. The van der Waals surface area contributed by atoms with Crippen LogP contribution >= 0.6 is 22.6 Å². The minimum Gasteiger partial charge on any atom is -0.346 e. The molecule has 0 radical (unpaired) electrons. The highest BCUT2D eigenvalue weighted by Gasteiger charge is 2.36. The normalized spacial score (nSPS) is 18.0. The van der Waals surface area contributed by atoms with Crippen LogP contribution in [0.5, 0.6) is 0 Å². The summed E-state index contributed by atoms with van der Waals surface area (Å²) in [6, 6.07) is 4.11. The first-order chi connectivity index (χ1) is 7.48. The Balaban J connectivity index is 2.43. The molecule has 1 aromatic rings. The Labute approximate surface area is 104 Å². The van der Waals surface area contributed by atoms with Gasteiger partial charge in [0.15, 0.2) is 6.29 Å². The second-order valence-electron chi connectivity index (χ2n) is 3.30. The third-order valence-corrected chi connectivity index (χ3v) is 2.87. The van der Waals surface area contributed by atoms with E-state index in [1.807, 2.05) is 22.6 Å². The molecule has 0 unspecified atom stereocenters. The number of hydrogen-bond donors (Lipinski definition) is 0. The Kier molecular flexibility index (Phi) is 3.41. The van der Waals surface area contributed by atoms with Crippen LogP contribution in [0.15, 0.2) is 18.2 Å². The fraction of sp³-hybridized carbons (Fsp3) is 0.400. The van der Waals surface area contributed by atoms with Crippen molar-refractivity contribution >= 4 is 22.6 Å². The third-order valence-electron chi connectivity index (χ3n) is 2.20. The van der Waals surface area contributed by atoms with E-state index in [1.165, 1.54) is 6.07 Å².